The molecule has 0 aromatic heterocycles. The van der Waals surface area contributed by atoms with E-state index in [0.29, 0.717) is 39.6 Å². The van der Waals surface area contributed by atoms with Crippen molar-refractivity contribution in [3.8, 4) is 0 Å². The van der Waals surface area contributed by atoms with Crippen LogP contribution in [-0.2, 0) is 54.8 Å². The molecule has 0 N–H and O–H groups in total. The van der Waals surface area contributed by atoms with Crippen molar-refractivity contribution in [1.29, 1.82) is 0 Å². The number of benzene rings is 4. The lowest BCUT2D eigenvalue weighted by atomic mass is 10.0. The zero-order valence-corrected chi connectivity index (χ0v) is 23.3. The van der Waals surface area contributed by atoms with E-state index < -0.39 is 12.2 Å². The Bertz CT molecular complexity index is 1240. The molecule has 0 radical (unpaired) electrons. The van der Waals surface area contributed by atoms with Crippen LogP contribution in [0.15, 0.2) is 121 Å². The average Bonchev–Trinajstić information content (AvgIpc) is 3.04. The van der Waals surface area contributed by atoms with Crippen LogP contribution in [0.4, 0.5) is 0 Å². The first-order valence-corrected chi connectivity index (χ1v) is 14.1. The third-order valence-corrected chi connectivity index (χ3v) is 6.98. The van der Waals surface area contributed by atoms with E-state index in [9.17, 15) is 0 Å². The smallest absolute Gasteiger partial charge is 0.147 e. The molecular formula is C35H38O6. The number of hydrogen-bond donors (Lipinski definition) is 0. The van der Waals surface area contributed by atoms with Crippen molar-refractivity contribution in [2.45, 2.75) is 50.8 Å². The fourth-order valence-corrected chi connectivity index (χ4v) is 4.79. The molecule has 4 atom stereocenters. The molecule has 1 heterocycles. The molecule has 0 spiro atoms. The van der Waals surface area contributed by atoms with Crippen LogP contribution in [0.25, 0.3) is 0 Å². The summed E-state index contributed by atoms with van der Waals surface area (Å²) in [5.74, 6) is 0. The second kappa shape index (κ2) is 16.2. The molecule has 1 aliphatic rings. The Labute approximate surface area is 242 Å². The van der Waals surface area contributed by atoms with Crippen LogP contribution in [0, 0.1) is 0 Å². The molecule has 1 saturated heterocycles. The first-order chi connectivity index (χ1) is 20.3. The van der Waals surface area contributed by atoms with Gasteiger partial charge in [0.2, 0.25) is 0 Å². The van der Waals surface area contributed by atoms with E-state index in [0.717, 1.165) is 22.3 Å². The minimum Gasteiger partial charge on any atom is -0.374 e. The molecular weight excluding hydrogens is 516 g/mol. The maximum absolute atomic E-state index is 6.53. The highest BCUT2D eigenvalue weighted by atomic mass is 16.7. The minimum absolute atomic E-state index is 0.124. The Kier molecular flexibility index (Phi) is 11.5. The van der Waals surface area contributed by atoms with Gasteiger partial charge >= 0.3 is 0 Å². The van der Waals surface area contributed by atoms with Crippen molar-refractivity contribution in [2.24, 2.45) is 0 Å². The average molecular weight is 555 g/mol. The van der Waals surface area contributed by atoms with Crippen LogP contribution in [0.5, 0.6) is 0 Å². The molecule has 214 valence electrons. The van der Waals surface area contributed by atoms with Gasteiger partial charge in [-0.15, -0.1) is 0 Å². The molecule has 41 heavy (non-hydrogen) atoms. The van der Waals surface area contributed by atoms with Crippen LogP contribution in [-0.4, -0.2) is 44.4 Å². The van der Waals surface area contributed by atoms with E-state index in [1.165, 1.54) is 0 Å². The highest BCUT2D eigenvalue weighted by Crippen LogP contribution is 2.25. The molecule has 4 aromatic carbocycles. The van der Waals surface area contributed by atoms with Gasteiger partial charge in [0.25, 0.3) is 0 Å². The minimum atomic E-state index is -0.430. The summed E-state index contributed by atoms with van der Waals surface area (Å²) in [6.45, 7) is 2.65. The van der Waals surface area contributed by atoms with Crippen molar-refractivity contribution in [3.63, 3.8) is 0 Å². The Morgan fingerprint density at radius 2 is 1.05 bits per heavy atom. The van der Waals surface area contributed by atoms with Gasteiger partial charge < -0.3 is 28.4 Å². The first-order valence-electron chi connectivity index (χ1n) is 14.1. The van der Waals surface area contributed by atoms with Gasteiger partial charge in [-0.1, -0.05) is 121 Å². The second-order valence-corrected chi connectivity index (χ2v) is 10.1. The van der Waals surface area contributed by atoms with Crippen molar-refractivity contribution in [3.05, 3.63) is 144 Å². The SMILES string of the molecule is c1ccc(COC[C@H]2OCO[C@H]([C@@H](COCc3ccccc3)OCc3ccccc3)[C@@H]2OCc2ccccc2)cc1. The van der Waals surface area contributed by atoms with E-state index >= 15 is 0 Å². The van der Waals surface area contributed by atoms with Crippen LogP contribution < -0.4 is 0 Å². The summed E-state index contributed by atoms with van der Waals surface area (Å²) in [5, 5.41) is 0. The Hall–Kier alpha value is -3.36. The van der Waals surface area contributed by atoms with Crippen molar-refractivity contribution in [1.82, 2.24) is 0 Å². The standard InChI is InChI=1S/C35H38O6/c1-5-13-28(14-6-1)21-36-25-32(38-23-30-17-9-3-10-18-30)35-34(39-24-31-19-11-4-12-20-31)33(40-27-41-35)26-37-22-29-15-7-2-8-16-29/h1-20,32-35H,21-27H2/t32-,33-,34-,35-/m1/s1. The fraction of sp³-hybridized carbons (Fsp3) is 0.314. The second-order valence-electron chi connectivity index (χ2n) is 10.1. The molecule has 0 amide bonds. The lowest BCUT2D eigenvalue weighted by molar-refractivity contribution is -0.282. The van der Waals surface area contributed by atoms with Crippen molar-refractivity contribution < 1.29 is 28.4 Å². The molecule has 4 aromatic rings. The van der Waals surface area contributed by atoms with E-state index in [-0.39, 0.29) is 19.0 Å². The Morgan fingerprint density at radius 3 is 1.61 bits per heavy atom. The summed E-state index contributed by atoms with van der Waals surface area (Å²) < 4.78 is 37.6. The molecule has 0 bridgehead atoms. The highest BCUT2D eigenvalue weighted by Gasteiger charge is 2.41. The van der Waals surface area contributed by atoms with E-state index in [1.54, 1.807) is 0 Å². The monoisotopic (exact) mass is 554 g/mol. The highest BCUT2D eigenvalue weighted by molar-refractivity contribution is 5.16. The van der Waals surface area contributed by atoms with Crippen LogP contribution >= 0.6 is 0 Å². The topological polar surface area (TPSA) is 55.4 Å². The zero-order chi connectivity index (χ0) is 28.0. The van der Waals surface area contributed by atoms with E-state index in [2.05, 4.69) is 36.4 Å². The fourth-order valence-electron chi connectivity index (χ4n) is 4.79. The van der Waals surface area contributed by atoms with Crippen LogP contribution in [0.2, 0.25) is 0 Å². The molecule has 6 heteroatoms. The predicted molar refractivity (Wildman–Crippen MR) is 157 cm³/mol. The summed E-state index contributed by atoms with van der Waals surface area (Å²) in [6, 6.07) is 40.5. The lowest BCUT2D eigenvalue weighted by Gasteiger charge is -2.41. The molecule has 0 saturated carbocycles. The maximum Gasteiger partial charge on any atom is 0.147 e. The third kappa shape index (κ3) is 9.33. The summed E-state index contributed by atoms with van der Waals surface area (Å²) in [6.07, 6.45) is -1.57. The van der Waals surface area contributed by atoms with E-state index in [4.69, 9.17) is 28.4 Å². The molecule has 0 unspecified atom stereocenters. The van der Waals surface area contributed by atoms with Gasteiger partial charge in [0.1, 0.15) is 31.2 Å². The molecule has 1 fully saturated rings. The van der Waals surface area contributed by atoms with Gasteiger partial charge in [-0.25, -0.2) is 0 Å². The number of ether oxygens (including phenoxy) is 6. The van der Waals surface area contributed by atoms with Crippen molar-refractivity contribution in [2.75, 3.05) is 20.0 Å². The first kappa shape index (κ1) is 29.1. The van der Waals surface area contributed by atoms with Crippen molar-refractivity contribution >= 4 is 0 Å². The van der Waals surface area contributed by atoms with E-state index in [1.807, 2.05) is 84.9 Å². The summed E-state index contributed by atoms with van der Waals surface area (Å²) in [7, 11) is 0. The number of rotatable bonds is 15. The summed E-state index contributed by atoms with van der Waals surface area (Å²) >= 11 is 0. The quantitative estimate of drug-likeness (QED) is 0.171. The van der Waals surface area contributed by atoms with Gasteiger partial charge in [0.15, 0.2) is 0 Å². The molecule has 1 aliphatic heterocycles. The van der Waals surface area contributed by atoms with Gasteiger partial charge in [0, 0.05) is 0 Å². The summed E-state index contributed by atoms with van der Waals surface area (Å²) in [4.78, 5) is 0. The molecule has 0 aliphatic carbocycles. The zero-order valence-electron chi connectivity index (χ0n) is 23.3. The maximum atomic E-state index is 6.53. The van der Waals surface area contributed by atoms with Gasteiger partial charge in [-0.3, -0.25) is 0 Å². The van der Waals surface area contributed by atoms with Gasteiger partial charge in [-0.05, 0) is 22.3 Å². The largest absolute Gasteiger partial charge is 0.374 e. The predicted octanol–water partition coefficient (Wildman–Crippen LogP) is 6.33. The number of hydrogen-bond acceptors (Lipinski definition) is 6. The third-order valence-electron chi connectivity index (χ3n) is 6.98. The Balaban J connectivity index is 1.30. The van der Waals surface area contributed by atoms with Gasteiger partial charge in [0.05, 0.1) is 39.6 Å². The normalized spacial score (nSPS) is 19.6. The van der Waals surface area contributed by atoms with Crippen LogP contribution in [0.3, 0.4) is 0 Å². The van der Waals surface area contributed by atoms with Gasteiger partial charge in [-0.2, -0.15) is 0 Å². The molecule has 5 rings (SSSR count). The summed E-state index contributed by atoms with van der Waals surface area (Å²) in [5.41, 5.74) is 4.36. The Morgan fingerprint density at radius 1 is 0.561 bits per heavy atom. The molecule has 6 nitrogen and oxygen atoms in total. The van der Waals surface area contributed by atoms with Crippen LogP contribution in [0.1, 0.15) is 22.3 Å². The lowest BCUT2D eigenvalue weighted by Crippen LogP contribution is -2.56.